The lowest BCUT2D eigenvalue weighted by Crippen LogP contribution is -2.25. The van der Waals surface area contributed by atoms with Crippen molar-refractivity contribution in [1.29, 1.82) is 0 Å². The predicted molar refractivity (Wildman–Crippen MR) is 177 cm³/mol. The standard InChI is InChI=1S/C35H33F7N2O3S2/c1-33(2,3)21-9-5-18(6-10-21)19-7-11-22(25(13-19)34(37,38)39)20-8-12-23(26(14-20)35(40,41)42)31-43-30(17-48-31)49-44-28-16-27(36)24(32(45)46)15-29(28)47-4/h7-8,11-18,21,44H,5-6,9-10H2,1-4H3,(H,45,46)/t18-,21-. The van der Waals surface area contributed by atoms with Crippen LogP contribution in [0.5, 0.6) is 5.75 Å². The van der Waals surface area contributed by atoms with Crippen molar-refractivity contribution in [2.45, 2.75) is 69.8 Å². The van der Waals surface area contributed by atoms with Gasteiger partial charge in [0.2, 0.25) is 0 Å². The number of rotatable bonds is 8. The van der Waals surface area contributed by atoms with Gasteiger partial charge in [0, 0.05) is 29.0 Å². The van der Waals surface area contributed by atoms with Gasteiger partial charge in [-0.05, 0) is 77.8 Å². The number of alkyl halides is 6. The summed E-state index contributed by atoms with van der Waals surface area (Å²) in [5.74, 6) is -2.10. The molecular weight excluding hydrogens is 694 g/mol. The van der Waals surface area contributed by atoms with E-state index >= 15 is 0 Å². The van der Waals surface area contributed by atoms with Crippen LogP contribution in [0.25, 0.3) is 21.7 Å². The topological polar surface area (TPSA) is 71.5 Å². The molecule has 0 saturated heterocycles. The number of hydrogen-bond acceptors (Lipinski definition) is 6. The summed E-state index contributed by atoms with van der Waals surface area (Å²) in [7, 11) is 1.25. The highest BCUT2D eigenvalue weighted by Gasteiger charge is 2.38. The van der Waals surface area contributed by atoms with Gasteiger partial charge in [0.25, 0.3) is 0 Å². The van der Waals surface area contributed by atoms with E-state index < -0.39 is 40.8 Å². The fourth-order valence-electron chi connectivity index (χ4n) is 6.23. The van der Waals surface area contributed by atoms with Gasteiger partial charge in [0.1, 0.15) is 21.6 Å². The third kappa shape index (κ3) is 8.17. The summed E-state index contributed by atoms with van der Waals surface area (Å²) < 4.78 is 109. The Bertz CT molecular complexity index is 1840. The molecule has 0 aliphatic heterocycles. The van der Waals surface area contributed by atoms with E-state index in [1.165, 1.54) is 24.6 Å². The Balaban J connectivity index is 1.43. The van der Waals surface area contributed by atoms with Gasteiger partial charge in [-0.15, -0.1) is 11.3 Å². The van der Waals surface area contributed by atoms with E-state index in [1.807, 2.05) is 0 Å². The molecule has 1 heterocycles. The number of anilines is 1. The summed E-state index contributed by atoms with van der Waals surface area (Å²) in [4.78, 5) is 15.5. The number of carboxylic acids is 1. The van der Waals surface area contributed by atoms with Crippen molar-refractivity contribution in [3.63, 3.8) is 0 Å². The third-order valence-electron chi connectivity index (χ3n) is 8.91. The summed E-state index contributed by atoms with van der Waals surface area (Å²) in [5, 5.41) is 10.7. The monoisotopic (exact) mass is 726 g/mol. The van der Waals surface area contributed by atoms with Crippen LogP contribution in [0.1, 0.15) is 79.4 Å². The number of thiazole rings is 1. The third-order valence-corrected chi connectivity index (χ3v) is 10.7. The first-order valence-corrected chi connectivity index (χ1v) is 17.0. The molecule has 0 atom stereocenters. The zero-order chi connectivity index (χ0) is 35.9. The molecule has 0 amide bonds. The number of methoxy groups -OCH3 is 1. The number of benzene rings is 3. The fraction of sp³-hybridized carbons (Fsp3) is 0.371. The Morgan fingerprint density at radius 3 is 2.14 bits per heavy atom. The lowest BCUT2D eigenvalue weighted by Gasteiger charge is -2.37. The number of carbonyl (C=O) groups is 1. The van der Waals surface area contributed by atoms with Crippen LogP contribution in [0, 0.1) is 17.2 Å². The Hall–Kier alpha value is -3.78. The molecule has 1 saturated carbocycles. The van der Waals surface area contributed by atoms with Crippen LogP contribution in [-0.2, 0) is 12.4 Å². The van der Waals surface area contributed by atoms with Crippen LogP contribution in [0.2, 0.25) is 0 Å². The van der Waals surface area contributed by atoms with Gasteiger partial charge in [0.05, 0.1) is 29.5 Å². The van der Waals surface area contributed by atoms with E-state index in [9.17, 15) is 35.5 Å². The SMILES string of the molecule is COc1cc(C(=O)O)c(F)cc1NSc1csc(-c2ccc(-c3ccc([C@H]4CC[C@H](C(C)(C)C)CC4)cc3C(F)(F)F)cc2C(F)(F)F)n1. The number of aromatic carboxylic acids is 1. The number of hydrogen-bond donors (Lipinski definition) is 2. The molecule has 262 valence electrons. The van der Waals surface area contributed by atoms with Crippen molar-refractivity contribution < 1.29 is 45.4 Å². The van der Waals surface area contributed by atoms with Crippen LogP contribution in [0.15, 0.2) is 58.9 Å². The van der Waals surface area contributed by atoms with Gasteiger partial charge in [-0.25, -0.2) is 14.2 Å². The van der Waals surface area contributed by atoms with Gasteiger partial charge in [-0.2, -0.15) is 26.3 Å². The van der Waals surface area contributed by atoms with Gasteiger partial charge < -0.3 is 14.6 Å². The number of nitrogens with one attached hydrogen (secondary N) is 1. The normalized spacial score (nSPS) is 17.2. The highest BCUT2D eigenvalue weighted by Crippen LogP contribution is 2.47. The molecule has 1 aliphatic carbocycles. The second-order valence-corrected chi connectivity index (χ2v) is 14.7. The van der Waals surface area contributed by atoms with Crippen LogP contribution in [0.4, 0.5) is 36.4 Å². The van der Waals surface area contributed by atoms with Crippen LogP contribution >= 0.6 is 23.3 Å². The number of ether oxygens (including phenoxy) is 1. The molecule has 5 nitrogen and oxygen atoms in total. The second-order valence-electron chi connectivity index (χ2n) is 13.0. The van der Waals surface area contributed by atoms with Gasteiger partial charge in [-0.3, -0.25) is 0 Å². The number of carboxylic acid groups (broad SMARTS) is 1. The van der Waals surface area contributed by atoms with Crippen molar-refractivity contribution in [2.24, 2.45) is 11.3 Å². The molecular formula is C35H33F7N2O3S2. The van der Waals surface area contributed by atoms with Crippen molar-refractivity contribution in [2.75, 3.05) is 11.8 Å². The van der Waals surface area contributed by atoms with E-state index in [1.54, 1.807) is 6.07 Å². The minimum Gasteiger partial charge on any atom is -0.495 e. The molecule has 3 aromatic carbocycles. The summed E-state index contributed by atoms with van der Waals surface area (Å²) in [6, 6.07) is 8.91. The average Bonchev–Trinajstić information content (AvgIpc) is 3.51. The molecule has 14 heteroatoms. The average molecular weight is 727 g/mol. The smallest absolute Gasteiger partial charge is 0.417 e. The molecule has 1 aliphatic rings. The predicted octanol–water partition coefficient (Wildman–Crippen LogP) is 11.8. The first-order chi connectivity index (χ1) is 22.9. The summed E-state index contributed by atoms with van der Waals surface area (Å²) in [6.07, 6.45) is -6.42. The van der Waals surface area contributed by atoms with Gasteiger partial charge in [-0.1, -0.05) is 45.0 Å². The fourth-order valence-corrected chi connectivity index (χ4v) is 7.86. The number of nitrogens with zero attached hydrogens (tertiary/aromatic N) is 1. The molecule has 0 unspecified atom stereocenters. The highest BCUT2D eigenvalue weighted by molar-refractivity contribution is 8.00. The maximum absolute atomic E-state index is 14.4. The van der Waals surface area contributed by atoms with Crippen LogP contribution < -0.4 is 9.46 Å². The Morgan fingerprint density at radius 2 is 1.55 bits per heavy atom. The minimum atomic E-state index is -4.91. The molecule has 0 radical (unpaired) electrons. The Morgan fingerprint density at radius 1 is 0.918 bits per heavy atom. The minimum absolute atomic E-state index is 0.0101. The van der Waals surface area contributed by atoms with Crippen molar-refractivity contribution in [3.8, 4) is 27.4 Å². The van der Waals surface area contributed by atoms with Gasteiger partial charge >= 0.3 is 18.3 Å². The number of halogens is 7. The largest absolute Gasteiger partial charge is 0.495 e. The first-order valence-electron chi connectivity index (χ1n) is 15.3. The van der Waals surface area contributed by atoms with E-state index in [-0.39, 0.29) is 49.5 Å². The summed E-state index contributed by atoms with van der Waals surface area (Å²) >= 11 is 1.70. The van der Waals surface area contributed by atoms with Crippen LogP contribution in [0.3, 0.4) is 0 Å². The molecule has 49 heavy (non-hydrogen) atoms. The molecule has 0 spiro atoms. The summed E-state index contributed by atoms with van der Waals surface area (Å²) in [5.41, 5.74) is -2.90. The Kier molecular flexibility index (Phi) is 10.3. The molecule has 2 N–H and O–H groups in total. The van der Waals surface area contributed by atoms with E-state index in [4.69, 9.17) is 9.84 Å². The summed E-state index contributed by atoms with van der Waals surface area (Å²) in [6.45, 7) is 6.48. The van der Waals surface area contributed by atoms with Gasteiger partial charge in [0.15, 0.2) is 0 Å². The molecule has 5 rings (SSSR count). The van der Waals surface area contributed by atoms with E-state index in [0.29, 0.717) is 11.5 Å². The molecule has 1 fully saturated rings. The quantitative estimate of drug-likeness (QED) is 0.139. The zero-order valence-electron chi connectivity index (χ0n) is 26.9. The van der Waals surface area contributed by atoms with E-state index in [0.717, 1.165) is 79.3 Å². The first kappa shape index (κ1) is 36.5. The zero-order valence-corrected chi connectivity index (χ0v) is 28.5. The second kappa shape index (κ2) is 13.9. The maximum atomic E-state index is 14.4. The van der Waals surface area contributed by atoms with Crippen molar-refractivity contribution in [3.05, 3.63) is 82.0 Å². The van der Waals surface area contributed by atoms with Crippen molar-refractivity contribution >= 4 is 34.9 Å². The van der Waals surface area contributed by atoms with E-state index in [2.05, 4.69) is 30.5 Å². The molecule has 0 bridgehead atoms. The lowest BCUT2D eigenvalue weighted by molar-refractivity contribution is -0.137. The van der Waals surface area contributed by atoms with Crippen LogP contribution in [-0.4, -0.2) is 23.2 Å². The molecule has 1 aromatic heterocycles. The van der Waals surface area contributed by atoms with Crippen molar-refractivity contribution in [1.82, 2.24) is 4.98 Å². The number of aromatic nitrogens is 1. The molecule has 4 aromatic rings. The maximum Gasteiger partial charge on any atom is 0.417 e. The lowest BCUT2D eigenvalue weighted by atomic mass is 9.68. The highest BCUT2D eigenvalue weighted by atomic mass is 32.2. The Labute approximate surface area is 287 Å².